The first kappa shape index (κ1) is 24.0. The summed E-state index contributed by atoms with van der Waals surface area (Å²) in [6.45, 7) is 7.92. The standard InChI is InChI=1S/C18H18ClNO.C9H19N/c19-18-3-1-2-14(11-18)12-20-8-6-16-5-4-15(13-21)10-17(16)7-9-20;1-3-4-9-5-7-10(2)8-6-9/h1-5,10-11,13H,6-9,12H2;9H,3-8H2,1-2H3. The predicted molar refractivity (Wildman–Crippen MR) is 131 cm³/mol. The van der Waals surface area contributed by atoms with E-state index in [1.165, 1.54) is 55.5 Å². The van der Waals surface area contributed by atoms with Crippen molar-refractivity contribution in [3.63, 3.8) is 0 Å². The topological polar surface area (TPSA) is 23.6 Å². The molecule has 0 aromatic heterocycles. The van der Waals surface area contributed by atoms with Crippen molar-refractivity contribution >= 4 is 17.9 Å². The molecule has 0 unspecified atom stereocenters. The Kier molecular flexibility index (Phi) is 9.57. The Morgan fingerprint density at radius 1 is 1.00 bits per heavy atom. The van der Waals surface area contributed by atoms with Crippen LogP contribution in [0.3, 0.4) is 0 Å². The lowest BCUT2D eigenvalue weighted by Crippen LogP contribution is -2.29. The Balaban J connectivity index is 0.000000229. The highest BCUT2D eigenvalue weighted by Crippen LogP contribution is 2.21. The fourth-order valence-electron chi connectivity index (χ4n) is 4.68. The fourth-order valence-corrected chi connectivity index (χ4v) is 4.89. The van der Waals surface area contributed by atoms with Crippen molar-refractivity contribution in [1.82, 2.24) is 9.80 Å². The number of benzene rings is 2. The van der Waals surface area contributed by atoms with Gasteiger partial charge in [0, 0.05) is 30.2 Å². The Morgan fingerprint density at radius 2 is 1.74 bits per heavy atom. The molecule has 3 nitrogen and oxygen atoms in total. The largest absolute Gasteiger partial charge is 0.306 e. The molecule has 31 heavy (non-hydrogen) atoms. The van der Waals surface area contributed by atoms with Gasteiger partial charge < -0.3 is 4.90 Å². The monoisotopic (exact) mass is 440 g/mol. The second-order valence-corrected chi connectivity index (χ2v) is 9.52. The lowest BCUT2D eigenvalue weighted by molar-refractivity contribution is 0.112. The third-order valence-corrected chi connectivity index (χ3v) is 6.83. The fraction of sp³-hybridized carbons (Fsp3) is 0.519. The number of hydrogen-bond donors (Lipinski definition) is 0. The molecule has 2 aromatic carbocycles. The molecule has 2 aliphatic rings. The minimum absolute atomic E-state index is 0.775. The van der Waals surface area contributed by atoms with E-state index in [2.05, 4.69) is 35.9 Å². The summed E-state index contributed by atoms with van der Waals surface area (Å²) in [5, 5.41) is 0.793. The second-order valence-electron chi connectivity index (χ2n) is 9.09. The predicted octanol–water partition coefficient (Wildman–Crippen LogP) is 5.88. The third-order valence-electron chi connectivity index (χ3n) is 6.59. The van der Waals surface area contributed by atoms with Crippen molar-refractivity contribution < 1.29 is 4.79 Å². The Hall–Kier alpha value is -1.68. The van der Waals surface area contributed by atoms with Gasteiger partial charge in [0.25, 0.3) is 0 Å². The third kappa shape index (κ3) is 7.75. The van der Waals surface area contributed by atoms with Crippen molar-refractivity contribution in [2.45, 2.75) is 52.0 Å². The van der Waals surface area contributed by atoms with Crippen LogP contribution < -0.4 is 0 Å². The maximum absolute atomic E-state index is 10.9. The molecule has 0 amide bonds. The molecule has 1 saturated heterocycles. The molecule has 2 aromatic rings. The highest BCUT2D eigenvalue weighted by molar-refractivity contribution is 6.30. The van der Waals surface area contributed by atoms with Crippen molar-refractivity contribution in [1.29, 1.82) is 0 Å². The normalized spacial score (nSPS) is 17.9. The van der Waals surface area contributed by atoms with Crippen LogP contribution in [0.25, 0.3) is 0 Å². The van der Waals surface area contributed by atoms with E-state index < -0.39 is 0 Å². The Labute approximate surface area is 193 Å². The summed E-state index contributed by atoms with van der Waals surface area (Å²) >= 11 is 6.05. The molecule has 2 aliphatic heterocycles. The molecular weight excluding hydrogens is 404 g/mol. The summed E-state index contributed by atoms with van der Waals surface area (Å²) < 4.78 is 0. The van der Waals surface area contributed by atoms with Crippen LogP contribution in [-0.4, -0.2) is 49.3 Å². The average Bonchev–Trinajstić information content (AvgIpc) is 2.98. The smallest absolute Gasteiger partial charge is 0.150 e. The number of piperidine rings is 1. The summed E-state index contributed by atoms with van der Waals surface area (Å²) in [7, 11) is 2.22. The summed E-state index contributed by atoms with van der Waals surface area (Å²) in [6, 6.07) is 14.1. The number of carbonyl (C=O) groups is 1. The molecule has 0 bridgehead atoms. The van der Waals surface area contributed by atoms with Crippen LogP contribution in [0.15, 0.2) is 42.5 Å². The molecule has 2 heterocycles. The summed E-state index contributed by atoms with van der Waals surface area (Å²) in [6.07, 6.45) is 8.65. The van der Waals surface area contributed by atoms with E-state index in [0.29, 0.717) is 0 Å². The first-order valence-corrected chi connectivity index (χ1v) is 12.2. The zero-order chi connectivity index (χ0) is 22.1. The summed E-state index contributed by atoms with van der Waals surface area (Å²) in [5.41, 5.74) is 4.71. The van der Waals surface area contributed by atoms with Crippen molar-refractivity contribution in [2.75, 3.05) is 33.2 Å². The van der Waals surface area contributed by atoms with Crippen LogP contribution in [0, 0.1) is 5.92 Å². The highest BCUT2D eigenvalue weighted by atomic mass is 35.5. The molecule has 0 spiro atoms. The molecule has 4 heteroatoms. The minimum Gasteiger partial charge on any atom is -0.306 e. The van der Waals surface area contributed by atoms with Gasteiger partial charge in [-0.2, -0.15) is 0 Å². The zero-order valence-corrected chi connectivity index (χ0v) is 19.9. The molecule has 1 fully saturated rings. The molecule has 4 rings (SSSR count). The Morgan fingerprint density at radius 3 is 2.42 bits per heavy atom. The number of fused-ring (bicyclic) bond motifs is 1. The molecule has 0 atom stereocenters. The van der Waals surface area contributed by atoms with Crippen LogP contribution in [-0.2, 0) is 19.4 Å². The number of carbonyl (C=O) groups excluding carboxylic acids is 1. The van der Waals surface area contributed by atoms with Gasteiger partial charge in [0.1, 0.15) is 6.29 Å². The number of halogens is 1. The van der Waals surface area contributed by atoms with Crippen LogP contribution >= 0.6 is 11.6 Å². The van der Waals surface area contributed by atoms with Gasteiger partial charge in [-0.25, -0.2) is 0 Å². The molecule has 0 radical (unpaired) electrons. The molecule has 168 valence electrons. The van der Waals surface area contributed by atoms with Crippen molar-refractivity contribution in [3.8, 4) is 0 Å². The van der Waals surface area contributed by atoms with Gasteiger partial charge in [-0.15, -0.1) is 0 Å². The Bertz CT molecular complexity index is 830. The number of likely N-dealkylation sites (tertiary alicyclic amines) is 1. The summed E-state index contributed by atoms with van der Waals surface area (Å²) in [5.74, 6) is 1.04. The van der Waals surface area contributed by atoms with Gasteiger partial charge in [0.05, 0.1) is 0 Å². The molecular formula is C27H37ClN2O. The number of nitrogens with zero attached hydrogens (tertiary/aromatic N) is 2. The van der Waals surface area contributed by atoms with Gasteiger partial charge in [0.2, 0.25) is 0 Å². The van der Waals surface area contributed by atoms with Crippen molar-refractivity contribution in [2.24, 2.45) is 5.92 Å². The quantitative estimate of drug-likeness (QED) is 0.542. The van der Waals surface area contributed by atoms with Gasteiger partial charge in [0.15, 0.2) is 0 Å². The molecule has 0 saturated carbocycles. The van der Waals surface area contributed by atoms with Crippen LogP contribution in [0.5, 0.6) is 0 Å². The zero-order valence-electron chi connectivity index (χ0n) is 19.2. The van der Waals surface area contributed by atoms with E-state index in [1.807, 2.05) is 30.3 Å². The van der Waals surface area contributed by atoms with E-state index in [4.69, 9.17) is 11.6 Å². The first-order valence-electron chi connectivity index (χ1n) is 11.8. The summed E-state index contributed by atoms with van der Waals surface area (Å²) in [4.78, 5) is 15.8. The maximum Gasteiger partial charge on any atom is 0.150 e. The van der Waals surface area contributed by atoms with E-state index in [1.54, 1.807) is 0 Å². The molecule has 0 aliphatic carbocycles. The molecule has 0 N–H and O–H groups in total. The van der Waals surface area contributed by atoms with Crippen LogP contribution in [0.1, 0.15) is 59.7 Å². The van der Waals surface area contributed by atoms with E-state index in [0.717, 1.165) is 55.3 Å². The SMILES string of the molecule is CCCC1CCN(C)CC1.O=Cc1ccc2c(c1)CCN(Cc1cccc(Cl)c1)CC2. The van der Waals surface area contributed by atoms with Crippen LogP contribution in [0.2, 0.25) is 5.02 Å². The average molecular weight is 441 g/mol. The van der Waals surface area contributed by atoms with Gasteiger partial charge >= 0.3 is 0 Å². The number of rotatable bonds is 5. The highest BCUT2D eigenvalue weighted by Gasteiger charge is 2.15. The van der Waals surface area contributed by atoms with Crippen LogP contribution in [0.4, 0.5) is 0 Å². The van der Waals surface area contributed by atoms with Gasteiger partial charge in [-0.3, -0.25) is 9.69 Å². The maximum atomic E-state index is 10.9. The second kappa shape index (κ2) is 12.4. The van der Waals surface area contributed by atoms with Crippen molar-refractivity contribution in [3.05, 3.63) is 69.7 Å². The lowest BCUT2D eigenvalue weighted by atomic mass is 9.93. The minimum atomic E-state index is 0.775. The van der Waals surface area contributed by atoms with E-state index >= 15 is 0 Å². The van der Waals surface area contributed by atoms with E-state index in [9.17, 15) is 4.79 Å². The first-order chi connectivity index (χ1) is 15.1. The number of aldehydes is 1. The van der Waals surface area contributed by atoms with Gasteiger partial charge in [-0.1, -0.05) is 55.6 Å². The lowest BCUT2D eigenvalue weighted by Gasteiger charge is -2.28. The van der Waals surface area contributed by atoms with E-state index in [-0.39, 0.29) is 0 Å². The van der Waals surface area contributed by atoms with Gasteiger partial charge in [-0.05, 0) is 86.6 Å². The number of hydrogen-bond acceptors (Lipinski definition) is 3.